The van der Waals surface area contributed by atoms with E-state index in [2.05, 4.69) is 11.2 Å². The first-order valence-electron chi connectivity index (χ1n) is 6.48. The predicted molar refractivity (Wildman–Crippen MR) is 62.4 cm³/mol. The van der Waals surface area contributed by atoms with Gasteiger partial charge in [0.2, 0.25) is 0 Å². The predicted octanol–water partition coefficient (Wildman–Crippen LogP) is 2.57. The maximum Gasteiger partial charge on any atom is 0.0212 e. The number of rotatable bonds is 3. The second-order valence-corrected chi connectivity index (χ2v) is 6.08. The molecule has 4 bridgehead atoms. The van der Waals surface area contributed by atoms with Gasteiger partial charge in [-0.3, -0.25) is 0 Å². The third-order valence-corrected chi connectivity index (χ3v) is 4.81. The van der Waals surface area contributed by atoms with Crippen LogP contribution in [0.1, 0.15) is 44.9 Å². The molecule has 1 heteroatoms. The lowest BCUT2D eigenvalue weighted by atomic mass is 9.53. The number of hydrogen-bond donors (Lipinski definition) is 1. The Kier molecular flexibility index (Phi) is 2.29. The molecule has 0 aromatic carbocycles. The van der Waals surface area contributed by atoms with Crippen molar-refractivity contribution in [2.45, 2.75) is 50.5 Å². The van der Waals surface area contributed by atoms with Crippen LogP contribution in [0.2, 0.25) is 0 Å². The molecule has 82 valence electrons. The Bertz CT molecular complexity index is 251. The molecule has 15 heavy (non-hydrogen) atoms. The van der Waals surface area contributed by atoms with Gasteiger partial charge < -0.3 is 5.32 Å². The average molecular weight is 203 g/mol. The van der Waals surface area contributed by atoms with Crippen molar-refractivity contribution in [1.29, 1.82) is 0 Å². The largest absolute Gasteiger partial charge is 0.310 e. The smallest absolute Gasteiger partial charge is 0.0212 e. The van der Waals surface area contributed by atoms with Gasteiger partial charge in [-0.1, -0.05) is 0 Å². The minimum Gasteiger partial charge on any atom is -0.310 e. The van der Waals surface area contributed by atoms with Crippen LogP contribution in [0.4, 0.5) is 0 Å². The van der Waals surface area contributed by atoms with E-state index in [1.165, 1.54) is 38.5 Å². The summed E-state index contributed by atoms with van der Waals surface area (Å²) in [4.78, 5) is 0. The van der Waals surface area contributed by atoms with Crippen molar-refractivity contribution in [2.75, 3.05) is 6.54 Å². The monoisotopic (exact) mass is 203 g/mol. The molecule has 4 aliphatic rings. The summed E-state index contributed by atoms with van der Waals surface area (Å²) in [6.07, 6.45) is 15.1. The van der Waals surface area contributed by atoms with Crippen molar-refractivity contribution in [3.63, 3.8) is 0 Å². The molecule has 4 saturated carbocycles. The van der Waals surface area contributed by atoms with Gasteiger partial charge in [0.15, 0.2) is 0 Å². The molecule has 0 saturated heterocycles. The lowest BCUT2D eigenvalue weighted by Gasteiger charge is -2.57. The van der Waals surface area contributed by atoms with E-state index in [9.17, 15) is 0 Å². The van der Waals surface area contributed by atoms with Crippen LogP contribution in [-0.4, -0.2) is 12.1 Å². The van der Waals surface area contributed by atoms with Crippen molar-refractivity contribution >= 4 is 0 Å². The van der Waals surface area contributed by atoms with Crippen LogP contribution in [0.25, 0.3) is 0 Å². The maximum absolute atomic E-state index is 5.32. The van der Waals surface area contributed by atoms with Crippen molar-refractivity contribution in [3.8, 4) is 12.3 Å². The standard InChI is InChI=1S/C14H21N/c1-2-3-4-15-14-8-11-5-12(9-14)7-13(6-11)10-14/h1,11-13,15H,3-10H2. The molecule has 0 spiro atoms. The quantitative estimate of drug-likeness (QED) is 0.549. The van der Waals surface area contributed by atoms with Gasteiger partial charge in [-0.05, 0) is 56.3 Å². The van der Waals surface area contributed by atoms with E-state index in [0.29, 0.717) is 5.54 Å². The molecular formula is C14H21N. The summed E-state index contributed by atoms with van der Waals surface area (Å²) in [6, 6.07) is 0. The van der Waals surface area contributed by atoms with Gasteiger partial charge >= 0.3 is 0 Å². The zero-order valence-corrected chi connectivity index (χ0v) is 9.47. The number of nitrogens with one attached hydrogen (secondary N) is 1. The fraction of sp³-hybridized carbons (Fsp3) is 0.857. The van der Waals surface area contributed by atoms with Crippen molar-refractivity contribution in [3.05, 3.63) is 0 Å². The molecule has 0 aliphatic heterocycles. The zero-order chi connectivity index (χ0) is 10.3. The molecule has 1 N–H and O–H groups in total. The van der Waals surface area contributed by atoms with E-state index in [0.717, 1.165) is 30.7 Å². The van der Waals surface area contributed by atoms with Gasteiger partial charge in [0.25, 0.3) is 0 Å². The molecule has 0 heterocycles. The van der Waals surface area contributed by atoms with Crippen LogP contribution in [0, 0.1) is 30.1 Å². The van der Waals surface area contributed by atoms with E-state index in [-0.39, 0.29) is 0 Å². The van der Waals surface area contributed by atoms with E-state index >= 15 is 0 Å². The molecule has 1 nitrogen and oxygen atoms in total. The van der Waals surface area contributed by atoms with E-state index in [1.807, 2.05) is 0 Å². The molecule has 0 unspecified atom stereocenters. The van der Waals surface area contributed by atoms with Crippen LogP contribution in [0.15, 0.2) is 0 Å². The molecule has 0 aromatic heterocycles. The minimum atomic E-state index is 0.506. The summed E-state index contributed by atoms with van der Waals surface area (Å²) >= 11 is 0. The number of terminal acetylenes is 1. The number of hydrogen-bond acceptors (Lipinski definition) is 1. The fourth-order valence-corrected chi connectivity index (χ4v) is 4.73. The van der Waals surface area contributed by atoms with Gasteiger partial charge in [0.1, 0.15) is 0 Å². The summed E-state index contributed by atoms with van der Waals surface area (Å²) < 4.78 is 0. The summed E-state index contributed by atoms with van der Waals surface area (Å²) in [7, 11) is 0. The average Bonchev–Trinajstić information content (AvgIpc) is 2.15. The minimum absolute atomic E-state index is 0.506. The summed E-state index contributed by atoms with van der Waals surface area (Å²) in [5.74, 6) is 5.85. The lowest BCUT2D eigenvalue weighted by molar-refractivity contribution is -0.0191. The molecule has 4 aliphatic carbocycles. The second kappa shape index (κ2) is 3.52. The van der Waals surface area contributed by atoms with Crippen LogP contribution in [0.3, 0.4) is 0 Å². The second-order valence-electron chi connectivity index (χ2n) is 6.08. The van der Waals surface area contributed by atoms with Gasteiger partial charge in [-0.2, -0.15) is 0 Å². The Morgan fingerprint density at radius 1 is 1.07 bits per heavy atom. The summed E-state index contributed by atoms with van der Waals surface area (Å²) in [6.45, 7) is 1.03. The first-order chi connectivity index (χ1) is 7.30. The SMILES string of the molecule is C#CCCNC12CC3CC(CC(C3)C1)C2. The highest BCUT2D eigenvalue weighted by molar-refractivity contribution is 5.06. The van der Waals surface area contributed by atoms with Gasteiger partial charge in [0, 0.05) is 18.5 Å². The molecule has 0 aromatic rings. The Labute approximate surface area is 93.0 Å². The first-order valence-corrected chi connectivity index (χ1v) is 6.48. The van der Waals surface area contributed by atoms with Crippen LogP contribution in [0.5, 0.6) is 0 Å². The van der Waals surface area contributed by atoms with Crippen molar-refractivity contribution < 1.29 is 0 Å². The van der Waals surface area contributed by atoms with Crippen molar-refractivity contribution in [2.24, 2.45) is 17.8 Å². The summed E-state index contributed by atoms with van der Waals surface area (Å²) in [5, 5.41) is 3.79. The Balaban J connectivity index is 1.68. The summed E-state index contributed by atoms with van der Waals surface area (Å²) in [5.41, 5.74) is 0.506. The molecule has 0 radical (unpaired) electrons. The molecule has 0 amide bonds. The highest BCUT2D eigenvalue weighted by atomic mass is 15.0. The van der Waals surface area contributed by atoms with Crippen molar-refractivity contribution in [1.82, 2.24) is 5.32 Å². The Hall–Kier alpha value is -0.480. The molecule has 4 fully saturated rings. The zero-order valence-electron chi connectivity index (χ0n) is 9.47. The Morgan fingerprint density at radius 3 is 2.07 bits per heavy atom. The van der Waals surface area contributed by atoms with E-state index in [1.54, 1.807) is 0 Å². The third-order valence-electron chi connectivity index (χ3n) is 4.81. The molecular weight excluding hydrogens is 182 g/mol. The van der Waals surface area contributed by atoms with E-state index in [4.69, 9.17) is 6.42 Å². The highest BCUT2D eigenvalue weighted by Gasteiger charge is 2.50. The molecule has 0 atom stereocenters. The van der Waals surface area contributed by atoms with Crippen LogP contribution in [-0.2, 0) is 0 Å². The van der Waals surface area contributed by atoms with Gasteiger partial charge in [-0.15, -0.1) is 12.3 Å². The van der Waals surface area contributed by atoms with Gasteiger partial charge in [0.05, 0.1) is 0 Å². The van der Waals surface area contributed by atoms with Crippen LogP contribution >= 0.6 is 0 Å². The fourth-order valence-electron chi connectivity index (χ4n) is 4.73. The normalized spacial score (nSPS) is 46.7. The molecule has 4 rings (SSSR count). The topological polar surface area (TPSA) is 12.0 Å². The Morgan fingerprint density at radius 2 is 1.60 bits per heavy atom. The lowest BCUT2D eigenvalue weighted by Crippen LogP contribution is -2.58. The van der Waals surface area contributed by atoms with Crippen LogP contribution < -0.4 is 5.32 Å². The third kappa shape index (κ3) is 1.70. The van der Waals surface area contributed by atoms with E-state index < -0.39 is 0 Å². The highest BCUT2D eigenvalue weighted by Crippen LogP contribution is 2.55. The maximum atomic E-state index is 5.32. The van der Waals surface area contributed by atoms with Gasteiger partial charge in [-0.25, -0.2) is 0 Å². The first kappa shape index (κ1) is 9.73.